The molecule has 0 saturated heterocycles. The zero-order valence-corrected chi connectivity index (χ0v) is 11.6. The lowest BCUT2D eigenvalue weighted by Gasteiger charge is -2.08. The molecule has 2 aromatic carbocycles. The van der Waals surface area contributed by atoms with Gasteiger partial charge < -0.3 is 10.1 Å². The minimum absolute atomic E-state index is 0.00162. The molecule has 0 bridgehead atoms. The first-order chi connectivity index (χ1) is 10.6. The van der Waals surface area contributed by atoms with Gasteiger partial charge in [-0.15, -0.1) is 0 Å². The van der Waals surface area contributed by atoms with Gasteiger partial charge in [-0.05, 0) is 36.2 Å². The second-order valence-electron chi connectivity index (χ2n) is 4.57. The van der Waals surface area contributed by atoms with E-state index in [9.17, 15) is 18.0 Å². The molecule has 0 heterocycles. The van der Waals surface area contributed by atoms with Gasteiger partial charge in [0.25, 0.3) is 5.91 Å². The van der Waals surface area contributed by atoms with Gasteiger partial charge in [0.15, 0.2) is 29.8 Å². The highest BCUT2D eigenvalue weighted by atomic mass is 19.2. The molecular weight excluding hydrogens is 295 g/mol. The van der Waals surface area contributed by atoms with E-state index < -0.39 is 23.4 Å². The third-order valence-corrected chi connectivity index (χ3v) is 2.92. The molecule has 0 spiro atoms. The van der Waals surface area contributed by atoms with Crippen LogP contribution in [0.5, 0.6) is 5.75 Å². The van der Waals surface area contributed by atoms with Gasteiger partial charge in [-0.25, -0.2) is 13.2 Å². The van der Waals surface area contributed by atoms with Gasteiger partial charge in [-0.1, -0.05) is 18.2 Å². The summed E-state index contributed by atoms with van der Waals surface area (Å²) in [6.45, 7) is -0.0801. The van der Waals surface area contributed by atoms with Crippen LogP contribution >= 0.6 is 0 Å². The smallest absolute Gasteiger partial charge is 0.257 e. The number of hydrogen-bond donors (Lipinski definition) is 1. The van der Waals surface area contributed by atoms with Crippen molar-refractivity contribution >= 4 is 5.91 Å². The van der Waals surface area contributed by atoms with E-state index in [1.54, 1.807) is 6.07 Å². The number of para-hydroxylation sites is 1. The van der Waals surface area contributed by atoms with E-state index in [2.05, 4.69) is 5.32 Å². The molecular formula is C16H14F3NO2. The van der Waals surface area contributed by atoms with E-state index in [0.29, 0.717) is 12.0 Å². The van der Waals surface area contributed by atoms with E-state index >= 15 is 0 Å². The van der Waals surface area contributed by atoms with E-state index in [1.807, 2.05) is 0 Å². The summed E-state index contributed by atoms with van der Waals surface area (Å²) in [6.07, 6.45) is 0.350. The van der Waals surface area contributed by atoms with E-state index in [4.69, 9.17) is 4.74 Å². The number of amides is 1. The first-order valence-corrected chi connectivity index (χ1v) is 6.64. The SMILES string of the molecule is O=C(COc1ccccc1F)NCCc1ccc(F)c(F)c1. The standard InChI is InChI=1S/C16H14F3NO2/c17-12-6-5-11(9-14(12)19)7-8-20-16(21)10-22-15-4-2-1-3-13(15)18/h1-6,9H,7-8,10H2,(H,20,21). The zero-order valence-electron chi connectivity index (χ0n) is 11.6. The van der Waals surface area contributed by atoms with Crippen LogP contribution in [-0.2, 0) is 11.2 Å². The number of carbonyl (C=O) groups is 1. The molecule has 6 heteroatoms. The molecule has 0 aliphatic rings. The molecule has 2 rings (SSSR count). The maximum atomic E-state index is 13.3. The predicted molar refractivity (Wildman–Crippen MR) is 75.0 cm³/mol. The number of rotatable bonds is 6. The Kier molecular flexibility index (Phi) is 5.41. The van der Waals surface area contributed by atoms with Gasteiger partial charge in [-0.3, -0.25) is 4.79 Å². The van der Waals surface area contributed by atoms with Crippen molar-refractivity contribution in [3.63, 3.8) is 0 Å². The van der Waals surface area contributed by atoms with Crippen molar-refractivity contribution in [3.8, 4) is 5.75 Å². The highest BCUT2D eigenvalue weighted by Crippen LogP contribution is 2.14. The Bertz CT molecular complexity index is 662. The first kappa shape index (κ1) is 15.9. The summed E-state index contributed by atoms with van der Waals surface area (Å²) in [5.41, 5.74) is 0.564. The Labute approximate surface area is 125 Å². The van der Waals surface area contributed by atoms with Crippen molar-refractivity contribution < 1.29 is 22.7 Å². The molecule has 0 radical (unpaired) electrons. The number of ether oxygens (including phenoxy) is 1. The van der Waals surface area contributed by atoms with Gasteiger partial charge in [0, 0.05) is 6.54 Å². The maximum Gasteiger partial charge on any atom is 0.257 e. The number of carbonyl (C=O) groups excluding carboxylic acids is 1. The van der Waals surface area contributed by atoms with Crippen LogP contribution in [0.3, 0.4) is 0 Å². The minimum Gasteiger partial charge on any atom is -0.481 e. The van der Waals surface area contributed by atoms with Gasteiger partial charge >= 0.3 is 0 Å². The molecule has 0 aliphatic heterocycles. The van der Waals surface area contributed by atoms with Crippen LogP contribution in [0.15, 0.2) is 42.5 Å². The van der Waals surface area contributed by atoms with Crippen molar-refractivity contribution in [1.29, 1.82) is 0 Å². The normalized spacial score (nSPS) is 10.3. The average Bonchev–Trinajstić information content (AvgIpc) is 2.50. The van der Waals surface area contributed by atoms with Crippen molar-refractivity contribution in [2.75, 3.05) is 13.2 Å². The summed E-state index contributed by atoms with van der Waals surface area (Å²) in [7, 11) is 0. The fourth-order valence-corrected chi connectivity index (χ4v) is 1.80. The lowest BCUT2D eigenvalue weighted by atomic mass is 10.1. The molecule has 0 saturated carbocycles. The molecule has 3 nitrogen and oxygen atoms in total. The average molecular weight is 309 g/mol. The van der Waals surface area contributed by atoms with Crippen LogP contribution in [-0.4, -0.2) is 19.1 Å². The second-order valence-corrected chi connectivity index (χ2v) is 4.57. The Morgan fingerprint density at radius 3 is 2.50 bits per heavy atom. The molecule has 1 N–H and O–H groups in total. The maximum absolute atomic E-state index is 13.3. The van der Waals surface area contributed by atoms with Gasteiger partial charge in [0.2, 0.25) is 0 Å². The lowest BCUT2D eigenvalue weighted by molar-refractivity contribution is -0.123. The van der Waals surface area contributed by atoms with Crippen molar-refractivity contribution in [3.05, 3.63) is 65.5 Å². The predicted octanol–water partition coefficient (Wildman–Crippen LogP) is 2.84. The van der Waals surface area contributed by atoms with Crippen LogP contribution in [0.1, 0.15) is 5.56 Å². The topological polar surface area (TPSA) is 38.3 Å². The molecule has 0 atom stereocenters. The summed E-state index contributed by atoms with van der Waals surface area (Å²) >= 11 is 0. The van der Waals surface area contributed by atoms with Crippen LogP contribution < -0.4 is 10.1 Å². The number of halogens is 3. The summed E-state index contributed by atoms with van der Waals surface area (Å²) in [5, 5.41) is 2.55. The van der Waals surface area contributed by atoms with Crippen LogP contribution in [0.25, 0.3) is 0 Å². The third-order valence-electron chi connectivity index (χ3n) is 2.92. The molecule has 2 aromatic rings. The largest absolute Gasteiger partial charge is 0.481 e. The number of nitrogens with one attached hydrogen (secondary N) is 1. The van der Waals surface area contributed by atoms with Gasteiger partial charge in [-0.2, -0.15) is 0 Å². The summed E-state index contributed by atoms with van der Waals surface area (Å²) in [5.74, 6) is -2.81. The van der Waals surface area contributed by atoms with Crippen molar-refractivity contribution in [2.24, 2.45) is 0 Å². The monoisotopic (exact) mass is 309 g/mol. The summed E-state index contributed by atoms with van der Waals surface area (Å²) < 4.78 is 44.0. The lowest BCUT2D eigenvalue weighted by Crippen LogP contribution is -2.30. The Morgan fingerprint density at radius 1 is 1.00 bits per heavy atom. The first-order valence-electron chi connectivity index (χ1n) is 6.64. The number of hydrogen-bond acceptors (Lipinski definition) is 2. The summed E-state index contributed by atoms with van der Waals surface area (Å²) in [4.78, 5) is 11.5. The Morgan fingerprint density at radius 2 is 1.77 bits per heavy atom. The van der Waals surface area contributed by atoms with Crippen LogP contribution in [0.4, 0.5) is 13.2 Å². The fraction of sp³-hybridized carbons (Fsp3) is 0.188. The molecule has 0 aromatic heterocycles. The van der Waals surface area contributed by atoms with Gasteiger partial charge in [0.05, 0.1) is 0 Å². The third kappa shape index (κ3) is 4.51. The van der Waals surface area contributed by atoms with Crippen LogP contribution in [0, 0.1) is 17.5 Å². The molecule has 0 unspecified atom stereocenters. The molecule has 0 fully saturated rings. The highest BCUT2D eigenvalue weighted by molar-refractivity contribution is 5.77. The Balaban J connectivity index is 1.74. The Hall–Kier alpha value is -2.50. The van der Waals surface area contributed by atoms with E-state index in [1.165, 1.54) is 24.3 Å². The van der Waals surface area contributed by atoms with Crippen molar-refractivity contribution in [1.82, 2.24) is 5.32 Å². The minimum atomic E-state index is -0.924. The van der Waals surface area contributed by atoms with Gasteiger partial charge in [0.1, 0.15) is 0 Å². The van der Waals surface area contributed by atoms with E-state index in [-0.39, 0.29) is 18.9 Å². The highest BCUT2D eigenvalue weighted by Gasteiger charge is 2.07. The van der Waals surface area contributed by atoms with E-state index in [0.717, 1.165) is 12.1 Å². The molecule has 116 valence electrons. The molecule has 1 amide bonds. The molecule has 22 heavy (non-hydrogen) atoms. The van der Waals surface area contributed by atoms with Crippen LogP contribution in [0.2, 0.25) is 0 Å². The quantitative estimate of drug-likeness (QED) is 0.891. The second kappa shape index (κ2) is 7.49. The fourth-order valence-electron chi connectivity index (χ4n) is 1.80. The zero-order chi connectivity index (χ0) is 15.9. The summed E-state index contributed by atoms with van der Waals surface area (Å²) in [6, 6.07) is 9.33. The molecule has 0 aliphatic carbocycles. The number of benzene rings is 2. The van der Waals surface area contributed by atoms with Crippen molar-refractivity contribution in [2.45, 2.75) is 6.42 Å².